The minimum atomic E-state index is -0.529. The number of hydrogen-bond donors (Lipinski definition) is 1. The molecule has 0 saturated carbocycles. The number of aryl methyl sites for hydroxylation is 1. The molecule has 1 aliphatic rings. The van der Waals surface area contributed by atoms with Crippen molar-refractivity contribution in [2.45, 2.75) is 13.3 Å². The molecule has 9 nitrogen and oxygen atoms in total. The lowest BCUT2D eigenvalue weighted by Gasteiger charge is -2.20. The number of anilines is 1. The zero-order chi connectivity index (χ0) is 30.8. The molecule has 5 rings (SSSR count). The summed E-state index contributed by atoms with van der Waals surface area (Å²) >= 11 is 0. The van der Waals surface area contributed by atoms with E-state index in [4.69, 9.17) is 19.9 Å². The smallest absolute Gasteiger partial charge is 0.396 e. The molecule has 9 heteroatoms. The van der Waals surface area contributed by atoms with E-state index in [-0.39, 0.29) is 17.4 Å². The Morgan fingerprint density at radius 1 is 0.860 bits per heavy atom. The molecule has 0 saturated heterocycles. The summed E-state index contributed by atoms with van der Waals surface area (Å²) in [5.74, 6) is 0.178. The number of carbonyl (C=O) groups is 2. The van der Waals surface area contributed by atoms with Gasteiger partial charge < -0.3 is 19.1 Å². The van der Waals surface area contributed by atoms with Crippen molar-refractivity contribution in [3.05, 3.63) is 101 Å². The number of carbonyl (C=O) groups excluding carboxylic acids is 2. The molecule has 1 aliphatic carbocycles. The Morgan fingerprint density at radius 3 is 2.21 bits per heavy atom. The Morgan fingerprint density at radius 2 is 1.53 bits per heavy atom. The maximum absolute atomic E-state index is 13.6. The number of nitrogens with two attached hydrogens (primary N) is 1. The fourth-order valence-electron chi connectivity index (χ4n) is 5.27. The van der Waals surface area contributed by atoms with Crippen molar-refractivity contribution in [2.24, 2.45) is 10.7 Å². The molecule has 0 heterocycles. The van der Waals surface area contributed by atoms with Gasteiger partial charge in [0.25, 0.3) is 5.91 Å². The molecule has 0 fully saturated rings. The minimum absolute atomic E-state index is 0.138. The fraction of sp³-hybridized carbons (Fsp3) is 0.176. The van der Waals surface area contributed by atoms with E-state index in [2.05, 4.69) is 23.8 Å². The van der Waals surface area contributed by atoms with Gasteiger partial charge in [-0.3, -0.25) is 10.5 Å². The van der Waals surface area contributed by atoms with E-state index in [0.29, 0.717) is 34.2 Å². The predicted octanol–water partition coefficient (Wildman–Crippen LogP) is 5.37. The molecule has 0 unspecified atom stereocenters. The molecule has 0 aliphatic heterocycles. The van der Waals surface area contributed by atoms with Crippen LogP contribution >= 0.6 is 0 Å². The predicted molar refractivity (Wildman–Crippen MR) is 168 cm³/mol. The Labute approximate surface area is 250 Å². The van der Waals surface area contributed by atoms with Crippen molar-refractivity contribution in [3.63, 3.8) is 0 Å². The van der Waals surface area contributed by atoms with Crippen molar-refractivity contribution < 1.29 is 28.4 Å². The lowest BCUT2D eigenvalue weighted by Crippen LogP contribution is -2.32. The average molecular weight is 578 g/mol. The Kier molecular flexibility index (Phi) is 7.98. The summed E-state index contributed by atoms with van der Waals surface area (Å²) in [7, 11) is 6.13. The van der Waals surface area contributed by atoms with Gasteiger partial charge in [0, 0.05) is 25.4 Å². The van der Waals surface area contributed by atoms with Gasteiger partial charge >= 0.3 is 11.9 Å². The molecule has 4 aromatic rings. The van der Waals surface area contributed by atoms with Gasteiger partial charge in [0.05, 0.1) is 32.6 Å². The van der Waals surface area contributed by atoms with Gasteiger partial charge in [-0.05, 0) is 71.5 Å². The van der Waals surface area contributed by atoms with Crippen LogP contribution in [0, 0.1) is 6.92 Å². The first-order valence-corrected chi connectivity index (χ1v) is 13.6. The van der Waals surface area contributed by atoms with E-state index >= 15 is 0 Å². The number of aliphatic imine (C=N–C) groups is 1. The van der Waals surface area contributed by atoms with Crippen LogP contribution in [0.15, 0.2) is 77.8 Å². The summed E-state index contributed by atoms with van der Waals surface area (Å²) in [6, 6.07) is 22.5. The third-order valence-corrected chi connectivity index (χ3v) is 7.58. The molecular formula is C34H33N4O5+. The highest BCUT2D eigenvalue weighted by Gasteiger charge is 2.25. The molecule has 218 valence electrons. The molecule has 0 spiro atoms. The second-order valence-electron chi connectivity index (χ2n) is 10.2. The Hall–Kier alpha value is -5.44. The van der Waals surface area contributed by atoms with E-state index in [0.717, 1.165) is 27.7 Å². The van der Waals surface area contributed by atoms with Gasteiger partial charge in [0.2, 0.25) is 5.75 Å². The van der Waals surface area contributed by atoms with Crippen molar-refractivity contribution in [2.75, 3.05) is 33.3 Å². The maximum Gasteiger partial charge on any atom is 0.396 e. The molecule has 0 bridgehead atoms. The first-order valence-electron chi connectivity index (χ1n) is 13.6. The van der Waals surface area contributed by atoms with Gasteiger partial charge in [-0.15, -0.1) is 0 Å². The van der Waals surface area contributed by atoms with E-state index in [1.165, 1.54) is 44.6 Å². The largest absolute Gasteiger partial charge is 0.493 e. The molecule has 43 heavy (non-hydrogen) atoms. The first kappa shape index (κ1) is 29.1. The summed E-state index contributed by atoms with van der Waals surface area (Å²) in [6.07, 6.45) is 0.801. The van der Waals surface area contributed by atoms with E-state index in [9.17, 15) is 9.59 Å². The van der Waals surface area contributed by atoms with Gasteiger partial charge in [-0.2, -0.15) is 4.58 Å². The van der Waals surface area contributed by atoms with E-state index in [1.54, 1.807) is 24.1 Å². The highest BCUT2D eigenvalue weighted by atomic mass is 16.5. The van der Waals surface area contributed by atoms with Crippen molar-refractivity contribution in [3.8, 4) is 28.4 Å². The van der Waals surface area contributed by atoms with Crippen LogP contribution in [0.5, 0.6) is 17.2 Å². The number of amides is 2. The summed E-state index contributed by atoms with van der Waals surface area (Å²) in [5.41, 5.74) is 13.8. The topological polar surface area (TPSA) is 106 Å². The Balaban J connectivity index is 1.38. The van der Waals surface area contributed by atoms with Gasteiger partial charge in [0.1, 0.15) is 5.69 Å². The second-order valence-corrected chi connectivity index (χ2v) is 10.2. The first-order chi connectivity index (χ1) is 20.7. The second kappa shape index (κ2) is 11.8. The molecule has 4 aromatic carbocycles. The van der Waals surface area contributed by atoms with Crippen LogP contribution in [-0.2, 0) is 6.42 Å². The summed E-state index contributed by atoms with van der Waals surface area (Å²) < 4.78 is 17.0. The van der Waals surface area contributed by atoms with Crippen LogP contribution < -0.4 is 24.8 Å². The number of fused-ring (bicyclic) bond motifs is 3. The molecule has 0 aromatic heterocycles. The quantitative estimate of drug-likeness (QED) is 0.158. The third-order valence-electron chi connectivity index (χ3n) is 7.58. The lowest BCUT2D eigenvalue weighted by molar-refractivity contribution is -0.293. The minimum Gasteiger partial charge on any atom is -0.493 e. The van der Waals surface area contributed by atoms with Gasteiger partial charge in [-0.1, -0.05) is 41.4 Å². The van der Waals surface area contributed by atoms with Crippen molar-refractivity contribution in [1.82, 2.24) is 0 Å². The number of benzene rings is 4. The van der Waals surface area contributed by atoms with Crippen LogP contribution in [0.4, 0.5) is 11.4 Å². The van der Waals surface area contributed by atoms with E-state index in [1.807, 2.05) is 43.3 Å². The molecular weight excluding hydrogens is 544 g/mol. The van der Waals surface area contributed by atoms with Crippen molar-refractivity contribution >= 4 is 35.9 Å². The monoisotopic (exact) mass is 577 g/mol. The fourth-order valence-corrected chi connectivity index (χ4v) is 5.27. The maximum atomic E-state index is 13.6. The van der Waals surface area contributed by atoms with Crippen LogP contribution in [0.3, 0.4) is 0 Å². The van der Waals surface area contributed by atoms with Crippen LogP contribution in [0.1, 0.15) is 37.4 Å². The Bertz CT molecular complexity index is 1790. The number of guanidine groups is 1. The highest BCUT2D eigenvalue weighted by Crippen LogP contribution is 2.39. The number of hydrogen-bond acceptors (Lipinski definition) is 6. The van der Waals surface area contributed by atoms with E-state index < -0.39 is 5.91 Å². The molecule has 0 radical (unpaired) electrons. The van der Waals surface area contributed by atoms with Crippen molar-refractivity contribution in [1.29, 1.82) is 0 Å². The van der Waals surface area contributed by atoms with Gasteiger partial charge in [-0.25, -0.2) is 4.79 Å². The number of nitrogens with zero attached hydrogens (tertiary/aromatic N) is 3. The number of methoxy groups -OCH3 is 3. The standard InChI is InChI=1S/C34H33N4O5/c1-20-11-13-25(36-34(35)38(3)33(40)24-17-29(41-4)31(43-6)30(18-24)42-5)19-28(20)37(2)32(39)22-12-14-27-23(16-22)15-21-9-7-8-10-26(21)27/h7-14,16-19H,3,15H2,1-2,4-6H3,(H2,35,36)/q+1. The third kappa shape index (κ3) is 5.44. The zero-order valence-corrected chi connectivity index (χ0v) is 24.8. The molecule has 2 amide bonds. The lowest BCUT2D eigenvalue weighted by atomic mass is 10.0. The van der Waals surface area contributed by atoms with Crippen LogP contribution in [0.2, 0.25) is 0 Å². The number of ether oxygens (including phenoxy) is 3. The normalized spacial score (nSPS) is 11.8. The summed E-state index contributed by atoms with van der Waals surface area (Å²) in [4.78, 5) is 32.8. The van der Waals surface area contributed by atoms with Crippen LogP contribution in [-0.4, -0.2) is 57.4 Å². The highest BCUT2D eigenvalue weighted by molar-refractivity contribution is 6.07. The number of rotatable bonds is 7. The molecule has 0 atom stereocenters. The van der Waals surface area contributed by atoms with Crippen LogP contribution in [0.25, 0.3) is 11.1 Å². The summed E-state index contributed by atoms with van der Waals surface area (Å²) in [6.45, 7) is 5.71. The summed E-state index contributed by atoms with van der Waals surface area (Å²) in [5, 5.41) is 0. The van der Waals surface area contributed by atoms with Gasteiger partial charge in [0.15, 0.2) is 11.5 Å². The SMILES string of the molecule is C=[N+](C(=O)c1cc(OC)c(OC)c(OC)c1)C(N)=Nc1ccc(C)c(N(C)C(=O)c2ccc3c(c2)Cc2ccccc2-3)c1. The average Bonchev–Trinajstić information content (AvgIpc) is 3.41. The zero-order valence-electron chi connectivity index (χ0n) is 24.8. The molecule has 2 N–H and O–H groups in total.